The van der Waals surface area contributed by atoms with E-state index in [2.05, 4.69) is 23.2 Å². The maximum Gasteiger partial charge on any atom is 0.135 e. The van der Waals surface area contributed by atoms with Crippen molar-refractivity contribution >= 4 is 0 Å². The van der Waals surface area contributed by atoms with Crippen molar-refractivity contribution in [2.45, 2.75) is 39.2 Å². The highest BCUT2D eigenvalue weighted by Gasteiger charge is 2.11. The van der Waals surface area contributed by atoms with Crippen LogP contribution in [-0.4, -0.2) is 4.98 Å². The summed E-state index contributed by atoms with van der Waals surface area (Å²) in [6.45, 7) is 2.40. The molecule has 104 valence electrons. The summed E-state index contributed by atoms with van der Waals surface area (Å²) in [5.74, 6) is 1.71. The van der Waals surface area contributed by atoms with Crippen molar-refractivity contribution in [3.05, 3.63) is 52.8 Å². The van der Waals surface area contributed by atoms with Crippen molar-refractivity contribution in [2.24, 2.45) is 5.73 Å². The molecule has 1 aliphatic rings. The van der Waals surface area contributed by atoms with Crippen LogP contribution in [-0.2, 0) is 19.4 Å². The quantitative estimate of drug-likeness (QED) is 0.926. The Balaban J connectivity index is 1.89. The van der Waals surface area contributed by atoms with Crippen LogP contribution >= 0.6 is 0 Å². The first-order chi connectivity index (χ1) is 9.76. The number of hydrogen-bond donors (Lipinski definition) is 1. The number of rotatable bonds is 3. The van der Waals surface area contributed by atoms with Gasteiger partial charge in [0, 0.05) is 30.1 Å². The lowest BCUT2D eigenvalue weighted by Gasteiger charge is -2.17. The third kappa shape index (κ3) is 2.68. The predicted molar refractivity (Wildman–Crippen MR) is 80.0 cm³/mol. The molecule has 3 heteroatoms. The van der Waals surface area contributed by atoms with E-state index in [0.29, 0.717) is 6.54 Å². The van der Waals surface area contributed by atoms with Gasteiger partial charge in [0.05, 0.1) is 0 Å². The number of pyridine rings is 1. The van der Waals surface area contributed by atoms with Gasteiger partial charge in [-0.2, -0.15) is 0 Å². The zero-order valence-corrected chi connectivity index (χ0v) is 11.9. The molecule has 0 amide bonds. The minimum atomic E-state index is 0.438. The highest BCUT2D eigenvalue weighted by atomic mass is 16.5. The molecule has 3 nitrogen and oxygen atoms in total. The highest BCUT2D eigenvalue weighted by molar-refractivity contribution is 5.41. The number of nitrogens with zero attached hydrogens (tertiary/aromatic N) is 1. The number of hydrogen-bond acceptors (Lipinski definition) is 3. The third-order valence-electron chi connectivity index (χ3n) is 3.85. The average Bonchev–Trinajstić information content (AvgIpc) is 2.47. The standard InChI is InChI=1S/C17H20N2O/c1-12-8-17(15(10-18)11-19-12)20-16-7-6-13-4-2-3-5-14(13)9-16/h6-9,11H,2-5,10,18H2,1H3. The average molecular weight is 268 g/mol. The van der Waals surface area contributed by atoms with E-state index in [4.69, 9.17) is 10.5 Å². The maximum atomic E-state index is 6.03. The normalized spacial score (nSPS) is 13.9. The smallest absolute Gasteiger partial charge is 0.135 e. The van der Waals surface area contributed by atoms with Gasteiger partial charge in [-0.25, -0.2) is 0 Å². The van der Waals surface area contributed by atoms with Gasteiger partial charge in [0.15, 0.2) is 0 Å². The molecule has 3 rings (SSSR count). The van der Waals surface area contributed by atoms with Gasteiger partial charge in [-0.05, 0) is 55.9 Å². The second-order valence-corrected chi connectivity index (χ2v) is 5.38. The Hall–Kier alpha value is -1.87. The molecule has 1 aliphatic carbocycles. The second-order valence-electron chi connectivity index (χ2n) is 5.38. The lowest BCUT2D eigenvalue weighted by molar-refractivity contribution is 0.473. The summed E-state index contributed by atoms with van der Waals surface area (Å²) in [6.07, 6.45) is 6.72. The predicted octanol–water partition coefficient (Wildman–Crippen LogP) is 3.52. The van der Waals surface area contributed by atoms with Crippen LogP contribution in [0.4, 0.5) is 0 Å². The summed E-state index contributed by atoms with van der Waals surface area (Å²) in [5.41, 5.74) is 10.5. The van der Waals surface area contributed by atoms with Crippen molar-refractivity contribution in [3.63, 3.8) is 0 Å². The minimum absolute atomic E-state index is 0.438. The largest absolute Gasteiger partial charge is 0.457 e. The first kappa shape index (κ1) is 13.1. The summed E-state index contributed by atoms with van der Waals surface area (Å²) in [6, 6.07) is 8.37. The molecule has 1 aromatic carbocycles. The number of aromatic nitrogens is 1. The van der Waals surface area contributed by atoms with Crippen LogP contribution in [0.1, 0.15) is 35.2 Å². The Labute approximate surface area is 119 Å². The SMILES string of the molecule is Cc1cc(Oc2ccc3c(c2)CCCC3)c(CN)cn1. The number of aryl methyl sites for hydroxylation is 3. The van der Waals surface area contributed by atoms with E-state index >= 15 is 0 Å². The van der Waals surface area contributed by atoms with Gasteiger partial charge >= 0.3 is 0 Å². The van der Waals surface area contributed by atoms with Gasteiger partial charge in [-0.1, -0.05) is 6.07 Å². The summed E-state index contributed by atoms with van der Waals surface area (Å²) in [4.78, 5) is 4.26. The molecule has 2 N–H and O–H groups in total. The molecule has 0 aliphatic heterocycles. The van der Waals surface area contributed by atoms with E-state index in [9.17, 15) is 0 Å². The van der Waals surface area contributed by atoms with E-state index < -0.39 is 0 Å². The lowest BCUT2D eigenvalue weighted by Crippen LogP contribution is -2.04. The van der Waals surface area contributed by atoms with E-state index in [1.54, 1.807) is 6.20 Å². The highest BCUT2D eigenvalue weighted by Crippen LogP contribution is 2.30. The van der Waals surface area contributed by atoms with E-state index in [1.807, 2.05) is 13.0 Å². The molecule has 20 heavy (non-hydrogen) atoms. The van der Waals surface area contributed by atoms with Gasteiger partial charge in [0.1, 0.15) is 11.5 Å². The van der Waals surface area contributed by atoms with Crippen LogP contribution in [0.5, 0.6) is 11.5 Å². The van der Waals surface area contributed by atoms with E-state index in [-0.39, 0.29) is 0 Å². The van der Waals surface area contributed by atoms with Crippen LogP contribution in [0.25, 0.3) is 0 Å². The lowest BCUT2D eigenvalue weighted by atomic mass is 9.92. The van der Waals surface area contributed by atoms with Crippen molar-refractivity contribution in [1.29, 1.82) is 0 Å². The van der Waals surface area contributed by atoms with Gasteiger partial charge < -0.3 is 10.5 Å². The molecule has 0 unspecified atom stereocenters. The maximum absolute atomic E-state index is 6.03. The Morgan fingerprint density at radius 2 is 1.95 bits per heavy atom. The molecular weight excluding hydrogens is 248 g/mol. The molecule has 0 radical (unpaired) electrons. The molecule has 0 fully saturated rings. The summed E-state index contributed by atoms with van der Waals surface area (Å²) in [5, 5.41) is 0. The summed E-state index contributed by atoms with van der Waals surface area (Å²) < 4.78 is 6.03. The van der Waals surface area contributed by atoms with Crippen LogP contribution in [0.2, 0.25) is 0 Å². The summed E-state index contributed by atoms with van der Waals surface area (Å²) in [7, 11) is 0. The number of benzene rings is 1. The minimum Gasteiger partial charge on any atom is -0.457 e. The van der Waals surface area contributed by atoms with Crippen molar-refractivity contribution in [2.75, 3.05) is 0 Å². The number of fused-ring (bicyclic) bond motifs is 1. The fourth-order valence-electron chi connectivity index (χ4n) is 2.71. The molecule has 1 heterocycles. The molecule has 0 saturated carbocycles. The molecule has 0 saturated heterocycles. The molecule has 0 atom stereocenters. The van der Waals surface area contributed by atoms with Crippen molar-refractivity contribution in [3.8, 4) is 11.5 Å². The number of nitrogens with two attached hydrogens (primary N) is 1. The zero-order chi connectivity index (χ0) is 13.9. The summed E-state index contributed by atoms with van der Waals surface area (Å²) >= 11 is 0. The molecule has 0 spiro atoms. The molecule has 2 aromatic rings. The molecular formula is C17H20N2O. The Morgan fingerprint density at radius 1 is 1.15 bits per heavy atom. The monoisotopic (exact) mass is 268 g/mol. The first-order valence-electron chi connectivity index (χ1n) is 7.21. The Kier molecular flexibility index (Phi) is 3.70. The molecule has 0 bridgehead atoms. The van der Waals surface area contributed by atoms with Crippen molar-refractivity contribution < 1.29 is 4.74 Å². The van der Waals surface area contributed by atoms with E-state index in [1.165, 1.54) is 30.4 Å². The molecule has 1 aromatic heterocycles. The van der Waals surface area contributed by atoms with Crippen LogP contribution in [0.3, 0.4) is 0 Å². The van der Waals surface area contributed by atoms with Crippen molar-refractivity contribution in [1.82, 2.24) is 4.98 Å². The van der Waals surface area contributed by atoms with Crippen LogP contribution in [0.15, 0.2) is 30.5 Å². The van der Waals surface area contributed by atoms with Gasteiger partial charge in [-0.3, -0.25) is 4.98 Å². The Bertz CT molecular complexity index is 622. The fraction of sp³-hybridized carbons (Fsp3) is 0.353. The zero-order valence-electron chi connectivity index (χ0n) is 11.9. The van der Waals surface area contributed by atoms with Crippen LogP contribution in [0, 0.1) is 6.92 Å². The fourth-order valence-corrected chi connectivity index (χ4v) is 2.71. The van der Waals surface area contributed by atoms with Gasteiger partial charge in [0.25, 0.3) is 0 Å². The third-order valence-corrected chi connectivity index (χ3v) is 3.85. The second kappa shape index (κ2) is 5.63. The number of ether oxygens (including phenoxy) is 1. The first-order valence-corrected chi connectivity index (χ1v) is 7.21. The van der Waals surface area contributed by atoms with Crippen LogP contribution < -0.4 is 10.5 Å². The van der Waals surface area contributed by atoms with Gasteiger partial charge in [-0.15, -0.1) is 0 Å². The van der Waals surface area contributed by atoms with Gasteiger partial charge in [0.2, 0.25) is 0 Å². The Morgan fingerprint density at radius 3 is 2.75 bits per heavy atom. The topological polar surface area (TPSA) is 48.1 Å². The van der Waals surface area contributed by atoms with E-state index in [0.717, 1.165) is 29.2 Å².